The van der Waals surface area contributed by atoms with Crippen LogP contribution >= 0.6 is 0 Å². The van der Waals surface area contributed by atoms with E-state index in [4.69, 9.17) is 5.11 Å². The molecule has 1 rings (SSSR count). The highest BCUT2D eigenvalue weighted by atomic mass is 16.3. The summed E-state index contributed by atoms with van der Waals surface area (Å²) < 4.78 is 0. The third-order valence-corrected chi connectivity index (χ3v) is 2.40. The van der Waals surface area contributed by atoms with Gasteiger partial charge in [-0.3, -0.25) is 4.79 Å². The Kier molecular flexibility index (Phi) is 5.25. The number of unbranched alkanes of at least 4 members (excludes halogenated alkanes) is 2. The first kappa shape index (κ1) is 13.3. The molecule has 0 spiro atoms. The molecule has 0 bridgehead atoms. The molecule has 17 heavy (non-hydrogen) atoms. The summed E-state index contributed by atoms with van der Waals surface area (Å²) in [5.41, 5.74) is 1.13. The second kappa shape index (κ2) is 6.72. The monoisotopic (exact) mass is 232 g/mol. The van der Waals surface area contributed by atoms with Crippen molar-refractivity contribution in [1.82, 2.24) is 0 Å². The Labute approximate surface area is 101 Å². The SMILES string of the molecule is CCCCC#Cc1cc(C=O)c(O)c(CO)c1. The van der Waals surface area contributed by atoms with Crippen molar-refractivity contribution in [1.29, 1.82) is 0 Å². The smallest absolute Gasteiger partial charge is 0.153 e. The zero-order valence-electron chi connectivity index (χ0n) is 9.86. The van der Waals surface area contributed by atoms with Gasteiger partial charge in [-0.1, -0.05) is 25.2 Å². The van der Waals surface area contributed by atoms with Gasteiger partial charge in [-0.05, 0) is 18.6 Å². The summed E-state index contributed by atoms with van der Waals surface area (Å²) in [6.45, 7) is 1.79. The maximum Gasteiger partial charge on any atom is 0.153 e. The van der Waals surface area contributed by atoms with Gasteiger partial charge in [-0.25, -0.2) is 0 Å². The van der Waals surface area contributed by atoms with E-state index >= 15 is 0 Å². The van der Waals surface area contributed by atoms with Crippen LogP contribution in [0.4, 0.5) is 0 Å². The van der Waals surface area contributed by atoms with E-state index in [-0.39, 0.29) is 17.9 Å². The van der Waals surface area contributed by atoms with Crippen molar-refractivity contribution < 1.29 is 15.0 Å². The number of aldehydes is 1. The molecule has 1 aromatic rings. The summed E-state index contributed by atoms with van der Waals surface area (Å²) in [6.07, 6.45) is 3.50. The predicted molar refractivity (Wildman–Crippen MR) is 65.8 cm³/mol. The zero-order valence-corrected chi connectivity index (χ0v) is 9.86. The number of carbonyl (C=O) groups excluding carboxylic acids is 1. The lowest BCUT2D eigenvalue weighted by atomic mass is 10.0. The number of aliphatic hydroxyl groups is 1. The minimum Gasteiger partial charge on any atom is -0.507 e. The molecule has 0 radical (unpaired) electrons. The highest BCUT2D eigenvalue weighted by Crippen LogP contribution is 2.23. The van der Waals surface area contributed by atoms with E-state index in [0.29, 0.717) is 17.4 Å². The first-order valence-electron chi connectivity index (χ1n) is 5.63. The van der Waals surface area contributed by atoms with E-state index in [1.165, 1.54) is 6.07 Å². The van der Waals surface area contributed by atoms with Crippen molar-refractivity contribution in [2.45, 2.75) is 32.8 Å². The molecule has 0 aliphatic carbocycles. The van der Waals surface area contributed by atoms with Crippen molar-refractivity contribution in [2.24, 2.45) is 0 Å². The molecular weight excluding hydrogens is 216 g/mol. The van der Waals surface area contributed by atoms with Gasteiger partial charge in [0.1, 0.15) is 5.75 Å². The van der Waals surface area contributed by atoms with Crippen LogP contribution in [0.3, 0.4) is 0 Å². The maximum atomic E-state index is 10.7. The van der Waals surface area contributed by atoms with Gasteiger partial charge < -0.3 is 10.2 Å². The maximum absolute atomic E-state index is 10.7. The third kappa shape index (κ3) is 3.61. The van der Waals surface area contributed by atoms with E-state index in [2.05, 4.69) is 18.8 Å². The average Bonchev–Trinajstić information content (AvgIpc) is 2.36. The predicted octanol–water partition coefficient (Wildman–Crippen LogP) is 2.24. The van der Waals surface area contributed by atoms with Gasteiger partial charge in [-0.15, -0.1) is 0 Å². The molecule has 0 saturated carbocycles. The van der Waals surface area contributed by atoms with E-state index in [1.807, 2.05) is 0 Å². The first-order valence-corrected chi connectivity index (χ1v) is 5.63. The summed E-state index contributed by atoms with van der Waals surface area (Å²) >= 11 is 0. The van der Waals surface area contributed by atoms with E-state index < -0.39 is 0 Å². The Morgan fingerprint density at radius 1 is 1.41 bits per heavy atom. The second-order valence-electron chi connectivity index (χ2n) is 3.75. The standard InChI is InChI=1S/C14H16O3/c1-2-3-4-5-6-11-7-12(9-15)14(17)13(8-11)10-16/h7-9,16-17H,2-4,10H2,1H3. The van der Waals surface area contributed by atoms with Crippen LogP contribution < -0.4 is 0 Å². The molecule has 0 aliphatic rings. The van der Waals surface area contributed by atoms with Gasteiger partial charge in [0, 0.05) is 17.5 Å². The van der Waals surface area contributed by atoms with Crippen LogP contribution in [0.5, 0.6) is 5.75 Å². The molecule has 0 heterocycles. The summed E-state index contributed by atoms with van der Waals surface area (Å²) in [5, 5.41) is 18.6. The van der Waals surface area contributed by atoms with E-state index in [9.17, 15) is 9.90 Å². The summed E-state index contributed by atoms with van der Waals surface area (Å²) in [6, 6.07) is 3.13. The number of rotatable bonds is 4. The molecule has 0 aliphatic heterocycles. The molecule has 0 saturated heterocycles. The average molecular weight is 232 g/mol. The van der Waals surface area contributed by atoms with Gasteiger partial charge in [0.2, 0.25) is 0 Å². The number of aromatic hydroxyl groups is 1. The number of hydrogen-bond acceptors (Lipinski definition) is 3. The number of benzene rings is 1. The van der Waals surface area contributed by atoms with Gasteiger partial charge in [0.05, 0.1) is 12.2 Å². The highest BCUT2D eigenvalue weighted by molar-refractivity contribution is 5.81. The van der Waals surface area contributed by atoms with Crippen molar-refractivity contribution in [3.8, 4) is 17.6 Å². The third-order valence-electron chi connectivity index (χ3n) is 2.40. The lowest BCUT2D eigenvalue weighted by Gasteiger charge is -2.04. The van der Waals surface area contributed by atoms with Crippen LogP contribution in [0.2, 0.25) is 0 Å². The molecule has 90 valence electrons. The fraction of sp³-hybridized carbons (Fsp3) is 0.357. The van der Waals surface area contributed by atoms with Crippen LogP contribution in [-0.2, 0) is 6.61 Å². The van der Waals surface area contributed by atoms with Crippen molar-refractivity contribution in [3.63, 3.8) is 0 Å². The Hall–Kier alpha value is -1.79. The van der Waals surface area contributed by atoms with Crippen LogP contribution in [-0.4, -0.2) is 16.5 Å². The fourth-order valence-corrected chi connectivity index (χ4v) is 1.43. The number of aliphatic hydroxyl groups excluding tert-OH is 1. The van der Waals surface area contributed by atoms with Crippen molar-refractivity contribution in [3.05, 3.63) is 28.8 Å². The topological polar surface area (TPSA) is 57.5 Å². The van der Waals surface area contributed by atoms with Crippen LogP contribution in [0.25, 0.3) is 0 Å². The van der Waals surface area contributed by atoms with Gasteiger partial charge >= 0.3 is 0 Å². The molecule has 0 atom stereocenters. The Morgan fingerprint density at radius 3 is 2.76 bits per heavy atom. The number of phenols is 1. The minimum absolute atomic E-state index is 0.163. The Bertz CT molecular complexity index is 453. The summed E-state index contributed by atoms with van der Waals surface area (Å²) in [5.74, 6) is 5.76. The molecule has 0 fully saturated rings. The zero-order chi connectivity index (χ0) is 12.7. The van der Waals surface area contributed by atoms with E-state index in [1.54, 1.807) is 6.07 Å². The second-order valence-corrected chi connectivity index (χ2v) is 3.75. The quantitative estimate of drug-likeness (QED) is 0.475. The van der Waals surface area contributed by atoms with Gasteiger partial charge in [0.25, 0.3) is 0 Å². The lowest BCUT2D eigenvalue weighted by Crippen LogP contribution is -1.92. The molecule has 3 nitrogen and oxygen atoms in total. The molecule has 0 aromatic heterocycles. The summed E-state index contributed by atoms with van der Waals surface area (Å²) in [4.78, 5) is 10.7. The van der Waals surface area contributed by atoms with Gasteiger partial charge in [0.15, 0.2) is 6.29 Å². The first-order chi connectivity index (χ1) is 8.22. The van der Waals surface area contributed by atoms with Crippen LogP contribution in [0, 0.1) is 11.8 Å². The Balaban J connectivity index is 2.99. The molecule has 0 unspecified atom stereocenters. The molecule has 2 N–H and O–H groups in total. The molecule has 0 amide bonds. The van der Waals surface area contributed by atoms with Crippen LogP contribution in [0.1, 0.15) is 47.7 Å². The largest absolute Gasteiger partial charge is 0.507 e. The molecule has 3 heteroatoms. The van der Waals surface area contributed by atoms with Gasteiger partial charge in [-0.2, -0.15) is 0 Å². The van der Waals surface area contributed by atoms with E-state index in [0.717, 1.165) is 19.3 Å². The summed E-state index contributed by atoms with van der Waals surface area (Å²) in [7, 11) is 0. The van der Waals surface area contributed by atoms with Crippen molar-refractivity contribution in [2.75, 3.05) is 0 Å². The van der Waals surface area contributed by atoms with Crippen molar-refractivity contribution >= 4 is 6.29 Å². The highest BCUT2D eigenvalue weighted by Gasteiger charge is 2.07. The number of carbonyl (C=O) groups is 1. The molecular formula is C14H16O3. The lowest BCUT2D eigenvalue weighted by molar-refractivity contribution is 0.112. The van der Waals surface area contributed by atoms with Crippen LogP contribution in [0.15, 0.2) is 12.1 Å². The molecule has 1 aromatic carbocycles. The normalized spacial score (nSPS) is 9.53. The minimum atomic E-state index is -0.308. The number of hydrogen-bond donors (Lipinski definition) is 2. The Morgan fingerprint density at radius 2 is 2.18 bits per heavy atom. The fourth-order valence-electron chi connectivity index (χ4n) is 1.43.